The fraction of sp³-hybridized carbons (Fsp3) is 0.450. The molecule has 0 radical (unpaired) electrons. The molecule has 1 atom stereocenters. The minimum Gasteiger partial charge on any atom is -0.385 e. The van der Waals surface area contributed by atoms with E-state index >= 15 is 0 Å². The van der Waals surface area contributed by atoms with Crippen LogP contribution in [0.3, 0.4) is 0 Å². The molecule has 0 fully saturated rings. The highest BCUT2D eigenvalue weighted by molar-refractivity contribution is 6.01. The number of methoxy groups -OCH3 is 1. The highest BCUT2D eigenvalue weighted by atomic mass is 16.5. The predicted octanol–water partition coefficient (Wildman–Crippen LogP) is 4.70. The van der Waals surface area contributed by atoms with Crippen molar-refractivity contribution in [2.24, 2.45) is 11.8 Å². The average molecular weight is 300 g/mol. The van der Waals surface area contributed by atoms with Gasteiger partial charge in [-0.25, -0.2) is 0 Å². The zero-order chi connectivity index (χ0) is 16.1. The molecule has 0 saturated carbocycles. The summed E-state index contributed by atoms with van der Waals surface area (Å²) in [5, 5.41) is 0. The molecule has 0 bridgehead atoms. The van der Waals surface area contributed by atoms with E-state index in [1.165, 1.54) is 5.56 Å². The van der Waals surface area contributed by atoms with Gasteiger partial charge in [0, 0.05) is 27.5 Å². The second kappa shape index (κ2) is 7.55. The van der Waals surface area contributed by atoms with Gasteiger partial charge in [0.15, 0.2) is 5.78 Å². The predicted molar refractivity (Wildman–Crippen MR) is 93.8 cm³/mol. The van der Waals surface area contributed by atoms with Crippen LogP contribution in [-0.4, -0.2) is 19.5 Å². The lowest BCUT2D eigenvalue weighted by Crippen LogP contribution is -2.17. The molecule has 1 aromatic rings. The van der Waals surface area contributed by atoms with Crippen molar-refractivity contribution >= 4 is 11.4 Å². The summed E-state index contributed by atoms with van der Waals surface area (Å²) in [4.78, 5) is 11.9. The molecule has 0 amide bonds. The zero-order valence-electron chi connectivity index (χ0n) is 13.9. The molecule has 120 valence electrons. The molecule has 0 aliphatic heterocycles. The van der Waals surface area contributed by atoms with Crippen molar-refractivity contribution in [1.82, 2.24) is 0 Å². The van der Waals surface area contributed by atoms with Gasteiger partial charge in [0.05, 0.1) is 0 Å². The maximum atomic E-state index is 11.9. The Balaban J connectivity index is 0.00000264. The lowest BCUT2D eigenvalue weighted by Gasteiger charge is -2.26. The molecule has 22 heavy (non-hydrogen) atoms. The van der Waals surface area contributed by atoms with E-state index in [1.807, 2.05) is 0 Å². The van der Waals surface area contributed by atoms with E-state index in [4.69, 9.17) is 4.74 Å². The maximum Gasteiger partial charge on any atom is 0.160 e. The summed E-state index contributed by atoms with van der Waals surface area (Å²) in [5.41, 5.74) is 4.57. The van der Waals surface area contributed by atoms with Gasteiger partial charge in [-0.3, -0.25) is 4.79 Å². The molecule has 1 aliphatic carbocycles. The van der Waals surface area contributed by atoms with Gasteiger partial charge in [-0.05, 0) is 41.5 Å². The number of carbonyl (C=O) groups is 1. The van der Waals surface area contributed by atoms with Crippen LogP contribution in [0.25, 0.3) is 5.57 Å². The second-order valence-corrected chi connectivity index (χ2v) is 6.53. The number of allylic oxidation sites excluding steroid dienone is 3. The van der Waals surface area contributed by atoms with Gasteiger partial charge in [-0.15, -0.1) is 0 Å². The Kier molecular flexibility index (Phi) is 5.73. The van der Waals surface area contributed by atoms with Gasteiger partial charge in [-0.1, -0.05) is 50.3 Å². The Morgan fingerprint density at radius 3 is 2.59 bits per heavy atom. The van der Waals surface area contributed by atoms with Gasteiger partial charge in [0.2, 0.25) is 0 Å². The molecule has 0 heterocycles. The topological polar surface area (TPSA) is 26.3 Å². The summed E-state index contributed by atoms with van der Waals surface area (Å²) < 4.78 is 5.21. The minimum absolute atomic E-state index is 0. The summed E-state index contributed by atoms with van der Waals surface area (Å²) in [5.74, 6) is 1.02. The monoisotopic (exact) mass is 300 g/mol. The number of carbonyl (C=O) groups excluding carboxylic acids is 1. The molecule has 1 unspecified atom stereocenters. The highest BCUT2D eigenvalue weighted by Gasteiger charge is 2.25. The number of benzene rings is 1. The number of ketones is 1. The smallest absolute Gasteiger partial charge is 0.160 e. The van der Waals surface area contributed by atoms with Gasteiger partial charge in [0.1, 0.15) is 0 Å². The molecule has 0 aromatic heterocycles. The van der Waals surface area contributed by atoms with Crippen LogP contribution in [0, 0.1) is 11.8 Å². The second-order valence-electron chi connectivity index (χ2n) is 6.53. The van der Waals surface area contributed by atoms with E-state index in [0.717, 1.165) is 29.6 Å². The normalized spacial score (nSPS) is 18.7. The van der Waals surface area contributed by atoms with Crippen LogP contribution in [0.1, 0.15) is 39.2 Å². The number of rotatable bonds is 6. The van der Waals surface area contributed by atoms with E-state index < -0.39 is 0 Å². The fourth-order valence-corrected chi connectivity index (χ4v) is 3.08. The van der Waals surface area contributed by atoms with Crippen molar-refractivity contribution in [2.45, 2.75) is 33.1 Å². The zero-order valence-corrected chi connectivity index (χ0v) is 13.9. The summed E-state index contributed by atoms with van der Waals surface area (Å²) in [6.07, 6.45) is 4.22. The van der Waals surface area contributed by atoms with Gasteiger partial charge in [0.25, 0.3) is 0 Å². The summed E-state index contributed by atoms with van der Waals surface area (Å²) >= 11 is 0. The highest BCUT2D eigenvalue weighted by Crippen LogP contribution is 2.36. The first-order chi connectivity index (χ1) is 10.5. The number of ether oxygens (including phenoxy) is 1. The van der Waals surface area contributed by atoms with E-state index in [1.54, 1.807) is 13.2 Å². The van der Waals surface area contributed by atoms with Crippen molar-refractivity contribution in [1.29, 1.82) is 0 Å². The van der Waals surface area contributed by atoms with Crippen LogP contribution in [0.4, 0.5) is 0 Å². The van der Waals surface area contributed by atoms with Crippen LogP contribution < -0.4 is 0 Å². The molecule has 1 aliphatic rings. The quantitative estimate of drug-likeness (QED) is 0.712. The lowest BCUT2D eigenvalue weighted by atomic mass is 9.78. The minimum atomic E-state index is 0. The average Bonchev–Trinajstić information content (AvgIpc) is 2.46. The van der Waals surface area contributed by atoms with E-state index in [2.05, 4.69) is 44.7 Å². The maximum absolute atomic E-state index is 11.9. The molecule has 2 rings (SSSR count). The van der Waals surface area contributed by atoms with E-state index in [0.29, 0.717) is 18.9 Å². The van der Waals surface area contributed by atoms with Crippen LogP contribution in [-0.2, 0) is 16.0 Å². The van der Waals surface area contributed by atoms with Crippen molar-refractivity contribution in [3.8, 4) is 0 Å². The SMILES string of the molecule is C=C1CC(=O)C=C(c2ccc(CC(C)C)cc2)C1CCOC.[HH]. The van der Waals surface area contributed by atoms with Gasteiger partial charge >= 0.3 is 0 Å². The third-order valence-electron chi connectivity index (χ3n) is 4.13. The van der Waals surface area contributed by atoms with Gasteiger partial charge in [-0.2, -0.15) is 0 Å². The van der Waals surface area contributed by atoms with Crippen molar-refractivity contribution in [3.63, 3.8) is 0 Å². The summed E-state index contributed by atoms with van der Waals surface area (Å²) in [6.45, 7) is 9.24. The van der Waals surface area contributed by atoms with Crippen LogP contribution in [0.2, 0.25) is 0 Å². The first kappa shape index (κ1) is 16.7. The molecule has 0 N–H and O–H groups in total. The fourth-order valence-electron chi connectivity index (χ4n) is 3.08. The van der Waals surface area contributed by atoms with Crippen LogP contribution >= 0.6 is 0 Å². The Labute approximate surface area is 135 Å². The molecule has 0 saturated heterocycles. The molecule has 2 nitrogen and oxygen atoms in total. The van der Waals surface area contributed by atoms with Crippen molar-refractivity contribution in [3.05, 3.63) is 53.6 Å². The molecule has 2 heteroatoms. The Hall–Kier alpha value is -1.67. The van der Waals surface area contributed by atoms with Crippen LogP contribution in [0.15, 0.2) is 42.5 Å². The van der Waals surface area contributed by atoms with Crippen molar-refractivity contribution < 1.29 is 11.0 Å². The Morgan fingerprint density at radius 1 is 1.32 bits per heavy atom. The van der Waals surface area contributed by atoms with E-state index in [9.17, 15) is 4.79 Å². The van der Waals surface area contributed by atoms with E-state index in [-0.39, 0.29) is 13.1 Å². The van der Waals surface area contributed by atoms with Crippen molar-refractivity contribution in [2.75, 3.05) is 13.7 Å². The molecule has 0 spiro atoms. The number of hydrogen-bond acceptors (Lipinski definition) is 2. The first-order valence-corrected chi connectivity index (χ1v) is 8.01. The third kappa shape index (κ3) is 4.17. The standard InChI is InChI=1S/C20H26O2.H2/c1-14(2)11-16-5-7-17(8-6-16)20-13-18(21)12-15(3)19(20)9-10-22-4;/h5-8,13-14,19H,3,9-12H2,1-2,4H3;1H. The van der Waals surface area contributed by atoms with Crippen LogP contribution in [0.5, 0.6) is 0 Å². The molecular weight excluding hydrogens is 272 g/mol. The molecule has 1 aromatic carbocycles. The molecular formula is C20H28O2. The Bertz CT molecular complexity index is 570. The first-order valence-electron chi connectivity index (χ1n) is 8.01. The summed E-state index contributed by atoms with van der Waals surface area (Å²) in [7, 11) is 1.71. The third-order valence-corrected chi connectivity index (χ3v) is 4.13. The number of hydrogen-bond donors (Lipinski definition) is 0. The Morgan fingerprint density at radius 2 is 2.00 bits per heavy atom. The lowest BCUT2D eigenvalue weighted by molar-refractivity contribution is -0.114. The van der Waals surface area contributed by atoms with Gasteiger partial charge < -0.3 is 4.74 Å². The largest absolute Gasteiger partial charge is 0.385 e. The summed E-state index contributed by atoms with van der Waals surface area (Å²) in [6, 6.07) is 8.61.